The molecule has 0 atom stereocenters. The average Bonchev–Trinajstić information content (AvgIpc) is 2.77. The molecule has 3 aromatic carbocycles. The summed E-state index contributed by atoms with van der Waals surface area (Å²) in [6.45, 7) is -1.81. The van der Waals surface area contributed by atoms with Gasteiger partial charge in [-0.25, -0.2) is 0 Å². The minimum Gasteiger partial charge on any atom is -0.483 e. The van der Waals surface area contributed by atoms with Crippen LogP contribution in [-0.4, -0.2) is 31.1 Å². The fourth-order valence-corrected chi connectivity index (χ4v) is 2.84. The second-order valence-electron chi connectivity index (χ2n) is 6.54. The molecular weight excluding hydrogens is 409 g/mol. The van der Waals surface area contributed by atoms with Gasteiger partial charge in [-0.1, -0.05) is 60.7 Å². The molecular formula is C23H19F3N2O3. The fraction of sp³-hybridized carbons (Fsp3) is 0.130. The molecule has 5 nitrogen and oxygen atoms in total. The Hall–Kier alpha value is -3.81. The van der Waals surface area contributed by atoms with Crippen LogP contribution in [0.25, 0.3) is 11.1 Å². The first-order chi connectivity index (χ1) is 14.8. The number of nitrogens with one attached hydrogen (secondary N) is 2. The maximum atomic E-state index is 12.4. The highest BCUT2D eigenvalue weighted by Gasteiger charge is 2.28. The Morgan fingerprint density at radius 2 is 1.48 bits per heavy atom. The highest BCUT2D eigenvalue weighted by atomic mass is 19.4. The van der Waals surface area contributed by atoms with E-state index in [0.29, 0.717) is 5.75 Å². The van der Waals surface area contributed by atoms with Gasteiger partial charge in [-0.2, -0.15) is 13.2 Å². The Bertz CT molecular complexity index is 1050. The summed E-state index contributed by atoms with van der Waals surface area (Å²) in [5, 5.41) is 4.30. The van der Waals surface area contributed by atoms with Gasteiger partial charge < -0.3 is 15.4 Å². The molecule has 2 amide bonds. The van der Waals surface area contributed by atoms with Crippen LogP contribution in [0.2, 0.25) is 0 Å². The van der Waals surface area contributed by atoms with Crippen molar-refractivity contribution in [1.82, 2.24) is 5.32 Å². The number of amides is 2. The number of alkyl halides is 3. The first-order valence-corrected chi connectivity index (χ1v) is 9.34. The summed E-state index contributed by atoms with van der Waals surface area (Å²) in [6.07, 6.45) is -4.53. The molecule has 0 heterocycles. The van der Waals surface area contributed by atoms with Crippen LogP contribution >= 0.6 is 0 Å². The van der Waals surface area contributed by atoms with Crippen LogP contribution in [0.3, 0.4) is 0 Å². The van der Waals surface area contributed by atoms with Gasteiger partial charge in [-0.05, 0) is 23.8 Å². The Morgan fingerprint density at radius 1 is 0.839 bits per heavy atom. The third kappa shape index (κ3) is 6.33. The summed E-state index contributed by atoms with van der Waals surface area (Å²) in [4.78, 5) is 24.5. The third-order valence-corrected chi connectivity index (χ3v) is 4.23. The molecule has 2 N–H and O–H groups in total. The Kier molecular flexibility index (Phi) is 6.92. The lowest BCUT2D eigenvalue weighted by atomic mass is 10.1. The number of ether oxygens (including phenoxy) is 1. The number of carbonyl (C=O) groups excluding carboxylic acids is 2. The smallest absolute Gasteiger partial charge is 0.405 e. The number of halogens is 3. The number of carbonyl (C=O) groups is 2. The minimum absolute atomic E-state index is 0.0789. The zero-order valence-corrected chi connectivity index (χ0v) is 16.3. The second-order valence-corrected chi connectivity index (χ2v) is 6.54. The van der Waals surface area contributed by atoms with Crippen LogP contribution in [-0.2, 0) is 4.79 Å². The van der Waals surface area contributed by atoms with Crippen molar-refractivity contribution in [3.05, 3.63) is 84.4 Å². The molecule has 31 heavy (non-hydrogen) atoms. The first kappa shape index (κ1) is 21.9. The largest absolute Gasteiger partial charge is 0.483 e. The number of benzene rings is 3. The molecule has 0 aliphatic rings. The van der Waals surface area contributed by atoms with Gasteiger partial charge in [0.2, 0.25) is 0 Å². The highest BCUT2D eigenvalue weighted by molar-refractivity contribution is 6.04. The molecule has 0 radical (unpaired) electrons. The van der Waals surface area contributed by atoms with Crippen molar-refractivity contribution in [3.8, 4) is 16.9 Å². The van der Waals surface area contributed by atoms with E-state index in [1.807, 2.05) is 42.5 Å². The van der Waals surface area contributed by atoms with Crippen molar-refractivity contribution in [2.45, 2.75) is 6.18 Å². The predicted octanol–water partition coefficient (Wildman–Crippen LogP) is 4.66. The number of rotatable bonds is 7. The lowest BCUT2D eigenvalue weighted by Gasteiger charge is -2.14. The van der Waals surface area contributed by atoms with Gasteiger partial charge in [-0.3, -0.25) is 9.59 Å². The van der Waals surface area contributed by atoms with Crippen molar-refractivity contribution in [3.63, 3.8) is 0 Å². The first-order valence-electron chi connectivity index (χ1n) is 9.34. The molecule has 0 saturated heterocycles. The van der Waals surface area contributed by atoms with Crippen LogP contribution in [0, 0.1) is 0 Å². The van der Waals surface area contributed by atoms with E-state index in [1.165, 1.54) is 18.2 Å². The lowest BCUT2D eigenvalue weighted by molar-refractivity contribution is -0.123. The number of hydrogen-bond acceptors (Lipinski definition) is 3. The molecule has 0 bridgehead atoms. The maximum absolute atomic E-state index is 12.4. The summed E-state index contributed by atoms with van der Waals surface area (Å²) in [5.41, 5.74) is 1.74. The van der Waals surface area contributed by atoms with E-state index in [4.69, 9.17) is 4.74 Å². The quantitative estimate of drug-likeness (QED) is 0.575. The van der Waals surface area contributed by atoms with E-state index in [2.05, 4.69) is 5.32 Å². The van der Waals surface area contributed by atoms with Gasteiger partial charge in [0.1, 0.15) is 12.3 Å². The molecule has 3 aromatic rings. The Balaban J connectivity index is 1.66. The molecule has 0 unspecified atom stereocenters. The number of anilines is 1. The Labute approximate surface area is 176 Å². The second kappa shape index (κ2) is 9.80. The summed E-state index contributed by atoms with van der Waals surface area (Å²) in [5.74, 6) is -0.998. The van der Waals surface area contributed by atoms with E-state index in [1.54, 1.807) is 23.5 Å². The standard InChI is InChI=1S/C23H19F3N2O3/c24-23(25,26)15-27-22(30)18-11-4-6-12-19(18)28-21(29)14-31-20-13-7-5-10-17(20)16-8-2-1-3-9-16/h1-13H,14-15H2,(H,27,30)(H,28,29). The normalized spacial score (nSPS) is 10.9. The van der Waals surface area contributed by atoms with Gasteiger partial charge >= 0.3 is 6.18 Å². The molecule has 0 aromatic heterocycles. The molecule has 0 spiro atoms. The lowest BCUT2D eigenvalue weighted by Crippen LogP contribution is -2.34. The van der Waals surface area contributed by atoms with Gasteiger partial charge in [0.25, 0.3) is 11.8 Å². The molecule has 0 saturated carbocycles. The SMILES string of the molecule is O=C(COc1ccccc1-c1ccccc1)Nc1ccccc1C(=O)NCC(F)(F)F. The van der Waals surface area contributed by atoms with Crippen LogP contribution in [0.1, 0.15) is 10.4 Å². The summed E-state index contributed by atoms with van der Waals surface area (Å²) in [6, 6.07) is 22.5. The van der Waals surface area contributed by atoms with Crippen molar-refractivity contribution in [2.24, 2.45) is 0 Å². The number of para-hydroxylation sites is 2. The molecule has 0 aliphatic heterocycles. The van der Waals surface area contributed by atoms with E-state index in [0.717, 1.165) is 11.1 Å². The van der Waals surface area contributed by atoms with E-state index in [9.17, 15) is 22.8 Å². The highest BCUT2D eigenvalue weighted by Crippen LogP contribution is 2.29. The minimum atomic E-state index is -4.53. The Morgan fingerprint density at radius 3 is 2.23 bits per heavy atom. The molecule has 3 rings (SSSR count). The summed E-state index contributed by atoms with van der Waals surface area (Å²) < 4.78 is 42.7. The van der Waals surface area contributed by atoms with Gasteiger partial charge in [-0.15, -0.1) is 0 Å². The van der Waals surface area contributed by atoms with E-state index in [-0.39, 0.29) is 17.9 Å². The zero-order chi connectivity index (χ0) is 22.3. The van der Waals surface area contributed by atoms with Gasteiger partial charge in [0.05, 0.1) is 11.3 Å². The topological polar surface area (TPSA) is 67.4 Å². The predicted molar refractivity (Wildman–Crippen MR) is 111 cm³/mol. The third-order valence-electron chi connectivity index (χ3n) is 4.23. The van der Waals surface area contributed by atoms with E-state index < -0.39 is 24.5 Å². The van der Waals surface area contributed by atoms with Crippen molar-refractivity contribution in [1.29, 1.82) is 0 Å². The molecule has 0 fully saturated rings. The monoisotopic (exact) mass is 428 g/mol. The maximum Gasteiger partial charge on any atom is 0.405 e. The van der Waals surface area contributed by atoms with E-state index >= 15 is 0 Å². The van der Waals surface area contributed by atoms with Crippen molar-refractivity contribution >= 4 is 17.5 Å². The molecule has 160 valence electrons. The van der Waals surface area contributed by atoms with Crippen LogP contribution in [0.5, 0.6) is 5.75 Å². The van der Waals surface area contributed by atoms with Gasteiger partial charge in [0.15, 0.2) is 6.61 Å². The number of hydrogen-bond donors (Lipinski definition) is 2. The molecule has 0 aliphatic carbocycles. The van der Waals surface area contributed by atoms with Gasteiger partial charge in [0, 0.05) is 5.56 Å². The zero-order valence-electron chi connectivity index (χ0n) is 16.3. The fourth-order valence-electron chi connectivity index (χ4n) is 2.84. The summed E-state index contributed by atoms with van der Waals surface area (Å²) in [7, 11) is 0. The average molecular weight is 428 g/mol. The van der Waals surface area contributed by atoms with Crippen molar-refractivity contribution in [2.75, 3.05) is 18.5 Å². The summed E-state index contributed by atoms with van der Waals surface area (Å²) >= 11 is 0. The van der Waals surface area contributed by atoms with Crippen LogP contribution in [0.4, 0.5) is 18.9 Å². The van der Waals surface area contributed by atoms with Crippen LogP contribution < -0.4 is 15.4 Å². The molecule has 8 heteroatoms. The van der Waals surface area contributed by atoms with Crippen LogP contribution in [0.15, 0.2) is 78.9 Å². The van der Waals surface area contributed by atoms with Crippen molar-refractivity contribution < 1.29 is 27.5 Å².